The Morgan fingerprint density at radius 2 is 1.80 bits per heavy atom. The van der Waals surface area contributed by atoms with Crippen LogP contribution in [0.3, 0.4) is 0 Å². The van der Waals surface area contributed by atoms with Crippen LogP contribution in [-0.2, 0) is 10.0 Å². The van der Waals surface area contributed by atoms with Gasteiger partial charge in [-0.15, -0.1) is 12.4 Å². The lowest BCUT2D eigenvalue weighted by Crippen LogP contribution is -2.30. The van der Waals surface area contributed by atoms with Gasteiger partial charge in [0.1, 0.15) is 5.84 Å². The Bertz CT molecular complexity index is 622. The van der Waals surface area contributed by atoms with Gasteiger partial charge in [0.25, 0.3) is 10.0 Å². The van der Waals surface area contributed by atoms with E-state index in [0.29, 0.717) is 16.3 Å². The third-order valence-electron chi connectivity index (χ3n) is 3.72. The first-order valence-corrected chi connectivity index (χ1v) is 8.00. The molecule has 0 spiro atoms. The summed E-state index contributed by atoms with van der Waals surface area (Å²) >= 11 is 0. The standard InChI is InChI=1S/C13H17N3O2S.ClH/c14-9-5-7-10(8-6-9)15-13-11-3-1-2-4-12(11)19(17,18)16-13;/h1-4,9-10H,5-8,14H2,(H,15,16);1H. The maximum absolute atomic E-state index is 11.9. The largest absolute Gasteiger partial charge is 0.328 e. The van der Waals surface area contributed by atoms with Gasteiger partial charge in [-0.1, -0.05) is 12.1 Å². The number of nitrogens with two attached hydrogens (primary N) is 1. The molecule has 0 saturated heterocycles. The number of nitrogens with zero attached hydrogens (tertiary/aromatic N) is 1. The predicted molar refractivity (Wildman–Crippen MR) is 80.8 cm³/mol. The molecule has 5 nitrogen and oxygen atoms in total. The quantitative estimate of drug-likeness (QED) is 0.822. The summed E-state index contributed by atoms with van der Waals surface area (Å²) in [5.41, 5.74) is 6.54. The van der Waals surface area contributed by atoms with Gasteiger partial charge in [0, 0.05) is 11.6 Å². The fraction of sp³-hybridized carbons (Fsp3) is 0.462. The molecule has 0 unspecified atom stereocenters. The molecule has 1 aromatic carbocycles. The van der Waals surface area contributed by atoms with Crippen molar-refractivity contribution in [1.29, 1.82) is 0 Å². The van der Waals surface area contributed by atoms with E-state index in [1.165, 1.54) is 0 Å². The lowest BCUT2D eigenvalue weighted by atomic mass is 9.92. The number of benzene rings is 1. The minimum atomic E-state index is -3.42. The molecule has 1 aliphatic carbocycles. The van der Waals surface area contributed by atoms with Gasteiger partial charge in [0.15, 0.2) is 0 Å². The molecule has 1 heterocycles. The van der Waals surface area contributed by atoms with Crippen LogP contribution in [0.5, 0.6) is 0 Å². The van der Waals surface area contributed by atoms with Crippen LogP contribution in [0.15, 0.2) is 34.2 Å². The summed E-state index contributed by atoms with van der Waals surface area (Å²) in [7, 11) is -3.42. The third kappa shape index (κ3) is 2.82. The first-order chi connectivity index (χ1) is 9.06. The maximum atomic E-state index is 11.9. The van der Waals surface area contributed by atoms with Crippen molar-refractivity contribution in [3.05, 3.63) is 29.8 Å². The van der Waals surface area contributed by atoms with Crippen molar-refractivity contribution >= 4 is 28.3 Å². The molecule has 1 aliphatic heterocycles. The molecule has 0 bridgehead atoms. The fourth-order valence-corrected chi connectivity index (χ4v) is 3.88. The van der Waals surface area contributed by atoms with E-state index in [4.69, 9.17) is 5.73 Å². The Balaban J connectivity index is 0.00000147. The molecule has 1 fully saturated rings. The second-order valence-electron chi connectivity index (χ2n) is 5.15. The van der Waals surface area contributed by atoms with Crippen LogP contribution in [0.25, 0.3) is 0 Å². The molecule has 1 aromatic rings. The van der Waals surface area contributed by atoms with E-state index in [1.54, 1.807) is 18.2 Å². The van der Waals surface area contributed by atoms with Crippen molar-refractivity contribution in [2.45, 2.75) is 42.7 Å². The van der Waals surface area contributed by atoms with Crippen molar-refractivity contribution < 1.29 is 8.42 Å². The number of sulfonamides is 1. The second-order valence-corrected chi connectivity index (χ2v) is 6.80. The number of nitrogens with one attached hydrogen (secondary N) is 1. The number of hydrogen-bond acceptors (Lipinski definition) is 4. The smallest absolute Gasteiger partial charge is 0.263 e. The first kappa shape index (κ1) is 15.3. The molecule has 0 radical (unpaired) electrons. The van der Waals surface area contributed by atoms with Crippen molar-refractivity contribution in [3.63, 3.8) is 0 Å². The average molecular weight is 316 g/mol. The van der Waals surface area contributed by atoms with E-state index in [-0.39, 0.29) is 24.5 Å². The topological polar surface area (TPSA) is 84.5 Å². The summed E-state index contributed by atoms with van der Waals surface area (Å²) in [6.45, 7) is 0. The maximum Gasteiger partial charge on any atom is 0.263 e. The Hall–Kier alpha value is -1.11. The zero-order valence-electron chi connectivity index (χ0n) is 11.0. The van der Waals surface area contributed by atoms with Crippen molar-refractivity contribution in [3.8, 4) is 0 Å². The zero-order valence-corrected chi connectivity index (χ0v) is 12.6. The summed E-state index contributed by atoms with van der Waals surface area (Å²) in [4.78, 5) is 4.90. The lowest BCUT2D eigenvalue weighted by molar-refractivity contribution is 0.396. The molecule has 0 aromatic heterocycles. The normalized spacial score (nSPS) is 29.4. The van der Waals surface area contributed by atoms with Gasteiger partial charge in [0.05, 0.1) is 10.9 Å². The second kappa shape index (κ2) is 5.71. The number of amidine groups is 1. The van der Waals surface area contributed by atoms with Gasteiger partial charge in [-0.05, 0) is 37.8 Å². The number of aliphatic imine (C=N–C) groups is 1. The molecule has 110 valence electrons. The van der Waals surface area contributed by atoms with Crippen LogP contribution in [-0.4, -0.2) is 26.3 Å². The Morgan fingerprint density at radius 1 is 1.15 bits per heavy atom. The van der Waals surface area contributed by atoms with Crippen molar-refractivity contribution in [2.24, 2.45) is 10.7 Å². The number of fused-ring (bicyclic) bond motifs is 1. The molecule has 7 heteroatoms. The van der Waals surface area contributed by atoms with Gasteiger partial charge in [-0.3, -0.25) is 9.71 Å². The van der Waals surface area contributed by atoms with Crippen LogP contribution in [0.2, 0.25) is 0 Å². The van der Waals surface area contributed by atoms with Crippen molar-refractivity contribution in [2.75, 3.05) is 0 Å². The Morgan fingerprint density at radius 3 is 2.50 bits per heavy atom. The molecular weight excluding hydrogens is 298 g/mol. The SMILES string of the molecule is Cl.NC1CCC(N=C2NS(=O)(=O)c3ccccc32)CC1. The van der Waals surface area contributed by atoms with Gasteiger partial charge in [-0.25, -0.2) is 8.42 Å². The molecule has 3 rings (SSSR count). The Labute approximate surface area is 125 Å². The first-order valence-electron chi connectivity index (χ1n) is 6.52. The van der Waals surface area contributed by atoms with E-state index < -0.39 is 10.0 Å². The van der Waals surface area contributed by atoms with Gasteiger partial charge in [-0.2, -0.15) is 0 Å². The molecule has 1 saturated carbocycles. The van der Waals surface area contributed by atoms with Gasteiger partial charge >= 0.3 is 0 Å². The zero-order chi connectivity index (χ0) is 13.5. The van der Waals surface area contributed by atoms with E-state index in [2.05, 4.69) is 9.71 Å². The monoisotopic (exact) mass is 315 g/mol. The lowest BCUT2D eigenvalue weighted by Gasteiger charge is -2.23. The molecule has 0 atom stereocenters. The van der Waals surface area contributed by atoms with E-state index >= 15 is 0 Å². The predicted octanol–water partition coefficient (Wildman–Crippen LogP) is 1.42. The summed E-state index contributed by atoms with van der Waals surface area (Å²) in [5.74, 6) is 0.482. The highest BCUT2D eigenvalue weighted by Crippen LogP contribution is 2.25. The van der Waals surface area contributed by atoms with E-state index in [0.717, 1.165) is 25.7 Å². The molecule has 3 N–H and O–H groups in total. The molecule has 2 aliphatic rings. The highest BCUT2D eigenvalue weighted by molar-refractivity contribution is 7.90. The highest BCUT2D eigenvalue weighted by Gasteiger charge is 2.31. The van der Waals surface area contributed by atoms with Crippen LogP contribution in [0.4, 0.5) is 0 Å². The van der Waals surface area contributed by atoms with Gasteiger partial charge in [0.2, 0.25) is 0 Å². The number of rotatable bonds is 1. The van der Waals surface area contributed by atoms with E-state index in [9.17, 15) is 8.42 Å². The minimum absolute atomic E-state index is 0. The van der Waals surface area contributed by atoms with Crippen LogP contribution in [0, 0.1) is 0 Å². The van der Waals surface area contributed by atoms with Crippen LogP contribution < -0.4 is 10.5 Å². The Kier molecular flexibility index (Phi) is 4.36. The number of halogens is 1. The van der Waals surface area contributed by atoms with E-state index in [1.807, 2.05) is 6.07 Å². The number of hydrogen-bond donors (Lipinski definition) is 2. The molecule has 20 heavy (non-hydrogen) atoms. The summed E-state index contributed by atoms with van der Waals surface area (Å²) in [6.07, 6.45) is 3.76. The fourth-order valence-electron chi connectivity index (χ4n) is 2.64. The summed E-state index contributed by atoms with van der Waals surface area (Å²) < 4.78 is 26.4. The summed E-state index contributed by atoms with van der Waals surface area (Å²) in [5, 5.41) is 0. The highest BCUT2D eigenvalue weighted by atomic mass is 35.5. The molecule has 0 amide bonds. The van der Waals surface area contributed by atoms with Crippen LogP contribution in [0.1, 0.15) is 31.2 Å². The molecular formula is C13H18ClN3O2S. The average Bonchev–Trinajstić information content (AvgIpc) is 2.65. The van der Waals surface area contributed by atoms with Crippen molar-refractivity contribution in [1.82, 2.24) is 4.72 Å². The van der Waals surface area contributed by atoms with Gasteiger partial charge < -0.3 is 5.73 Å². The minimum Gasteiger partial charge on any atom is -0.328 e. The van der Waals surface area contributed by atoms with Crippen LogP contribution >= 0.6 is 12.4 Å². The third-order valence-corrected chi connectivity index (χ3v) is 5.11. The summed E-state index contributed by atoms with van der Waals surface area (Å²) in [6, 6.07) is 7.39.